The number of carbonyl (C=O) groups excluding carboxylic acids is 1. The minimum Gasteiger partial charge on any atom is -0.322 e. The molecule has 0 saturated heterocycles. The van der Waals surface area contributed by atoms with Crippen molar-refractivity contribution < 1.29 is 4.79 Å². The summed E-state index contributed by atoms with van der Waals surface area (Å²) in [4.78, 5) is 16.1. The average molecular weight is 270 g/mol. The van der Waals surface area contributed by atoms with E-state index in [1.54, 1.807) is 12.3 Å². The lowest BCUT2D eigenvalue weighted by Gasteiger charge is -2.10. The van der Waals surface area contributed by atoms with Crippen molar-refractivity contribution in [3.8, 4) is 0 Å². The fraction of sp³-hybridized carbons (Fsp3) is 0.200. The Balaban J connectivity index is 2.15. The summed E-state index contributed by atoms with van der Waals surface area (Å²) in [6.07, 6.45) is 3.06. The fourth-order valence-electron chi connectivity index (χ4n) is 1.86. The van der Waals surface area contributed by atoms with E-state index >= 15 is 0 Å². The van der Waals surface area contributed by atoms with E-state index in [1.807, 2.05) is 24.3 Å². The number of nitrogens with one attached hydrogen (secondary N) is 2. The summed E-state index contributed by atoms with van der Waals surface area (Å²) in [6.45, 7) is 4.26. The number of nitrogen functional groups attached to an aromatic ring is 1. The molecule has 0 spiro atoms. The third-order valence-electron chi connectivity index (χ3n) is 3.06. The van der Waals surface area contributed by atoms with Crippen molar-refractivity contribution in [2.24, 2.45) is 5.84 Å². The van der Waals surface area contributed by atoms with E-state index in [1.165, 1.54) is 11.8 Å². The van der Waals surface area contributed by atoms with Crippen LogP contribution in [0.15, 0.2) is 42.7 Å². The summed E-state index contributed by atoms with van der Waals surface area (Å²) >= 11 is 0. The lowest BCUT2D eigenvalue weighted by molar-refractivity contribution is 0.102. The van der Waals surface area contributed by atoms with Crippen LogP contribution >= 0.6 is 0 Å². The summed E-state index contributed by atoms with van der Waals surface area (Å²) in [5, 5.41) is 2.84. The van der Waals surface area contributed by atoms with Gasteiger partial charge in [-0.05, 0) is 29.7 Å². The summed E-state index contributed by atoms with van der Waals surface area (Å²) < 4.78 is 0. The molecule has 0 bridgehead atoms. The minimum absolute atomic E-state index is 0.224. The number of anilines is 2. The summed E-state index contributed by atoms with van der Waals surface area (Å²) in [7, 11) is 0. The highest BCUT2D eigenvalue weighted by Gasteiger charge is 2.11. The monoisotopic (exact) mass is 270 g/mol. The zero-order chi connectivity index (χ0) is 14.5. The molecule has 104 valence electrons. The molecule has 2 aromatic rings. The van der Waals surface area contributed by atoms with Gasteiger partial charge >= 0.3 is 0 Å². The van der Waals surface area contributed by atoms with E-state index in [0.717, 1.165) is 5.69 Å². The van der Waals surface area contributed by atoms with Crippen LogP contribution in [0.5, 0.6) is 0 Å². The Morgan fingerprint density at radius 1 is 1.20 bits per heavy atom. The van der Waals surface area contributed by atoms with Crippen LogP contribution in [-0.2, 0) is 0 Å². The van der Waals surface area contributed by atoms with Crippen LogP contribution in [0.1, 0.15) is 35.7 Å². The smallest absolute Gasteiger partial charge is 0.257 e. The summed E-state index contributed by atoms with van der Waals surface area (Å²) in [5.74, 6) is 5.61. The van der Waals surface area contributed by atoms with Gasteiger partial charge < -0.3 is 10.7 Å². The third-order valence-corrected chi connectivity index (χ3v) is 3.06. The van der Waals surface area contributed by atoms with Gasteiger partial charge in [-0.2, -0.15) is 0 Å². The minimum atomic E-state index is -0.224. The Bertz CT molecular complexity index is 593. The molecule has 1 aromatic heterocycles. The molecule has 0 unspecified atom stereocenters. The van der Waals surface area contributed by atoms with Crippen molar-refractivity contribution in [2.45, 2.75) is 19.8 Å². The highest BCUT2D eigenvalue weighted by Crippen LogP contribution is 2.19. The molecule has 0 atom stereocenters. The predicted octanol–water partition coefficient (Wildman–Crippen LogP) is 2.74. The number of pyridine rings is 1. The standard InChI is InChI=1S/C15H18N4O/c1-10(2)11-3-5-12(6-4-11)18-15(20)13-7-8-17-9-14(13)19-16/h3-10,19H,16H2,1-2H3,(H,18,20). The molecular formula is C15H18N4O. The number of carbonyl (C=O) groups is 1. The number of nitrogens with two attached hydrogens (primary N) is 1. The molecule has 0 aliphatic carbocycles. The second-order valence-electron chi connectivity index (χ2n) is 4.80. The zero-order valence-electron chi connectivity index (χ0n) is 11.6. The first-order valence-electron chi connectivity index (χ1n) is 6.43. The number of rotatable bonds is 4. The van der Waals surface area contributed by atoms with Crippen molar-refractivity contribution >= 4 is 17.3 Å². The van der Waals surface area contributed by atoms with Gasteiger partial charge in [0.15, 0.2) is 0 Å². The maximum atomic E-state index is 12.2. The van der Waals surface area contributed by atoms with E-state index in [2.05, 4.69) is 29.6 Å². The maximum absolute atomic E-state index is 12.2. The van der Waals surface area contributed by atoms with Crippen LogP contribution in [0, 0.1) is 0 Å². The molecule has 1 amide bonds. The molecule has 2 rings (SSSR count). The van der Waals surface area contributed by atoms with Gasteiger partial charge in [-0.3, -0.25) is 15.6 Å². The second-order valence-corrected chi connectivity index (χ2v) is 4.80. The van der Waals surface area contributed by atoms with Crippen molar-refractivity contribution in [1.29, 1.82) is 0 Å². The topological polar surface area (TPSA) is 80.0 Å². The predicted molar refractivity (Wildman–Crippen MR) is 80.5 cm³/mol. The van der Waals surface area contributed by atoms with E-state index in [9.17, 15) is 4.79 Å². The Morgan fingerprint density at radius 2 is 1.90 bits per heavy atom. The molecule has 0 radical (unpaired) electrons. The highest BCUT2D eigenvalue weighted by atomic mass is 16.1. The Morgan fingerprint density at radius 3 is 2.50 bits per heavy atom. The average Bonchev–Trinajstić information content (AvgIpc) is 2.47. The van der Waals surface area contributed by atoms with Crippen molar-refractivity contribution in [3.05, 3.63) is 53.9 Å². The van der Waals surface area contributed by atoms with Gasteiger partial charge in [-0.15, -0.1) is 0 Å². The van der Waals surface area contributed by atoms with Crippen LogP contribution in [0.3, 0.4) is 0 Å². The maximum Gasteiger partial charge on any atom is 0.257 e. The van der Waals surface area contributed by atoms with Gasteiger partial charge in [-0.25, -0.2) is 0 Å². The van der Waals surface area contributed by atoms with Crippen molar-refractivity contribution in [3.63, 3.8) is 0 Å². The van der Waals surface area contributed by atoms with Crippen molar-refractivity contribution in [2.75, 3.05) is 10.7 Å². The first-order valence-corrected chi connectivity index (χ1v) is 6.43. The summed E-state index contributed by atoms with van der Waals surface area (Å²) in [5.41, 5.74) is 5.39. The fourth-order valence-corrected chi connectivity index (χ4v) is 1.86. The lowest BCUT2D eigenvalue weighted by atomic mass is 10.0. The largest absolute Gasteiger partial charge is 0.322 e. The lowest BCUT2D eigenvalue weighted by Crippen LogP contribution is -2.17. The molecular weight excluding hydrogens is 252 g/mol. The molecule has 20 heavy (non-hydrogen) atoms. The molecule has 4 N–H and O–H groups in total. The highest BCUT2D eigenvalue weighted by molar-refractivity contribution is 6.07. The van der Waals surface area contributed by atoms with Gasteiger partial charge in [0.1, 0.15) is 0 Å². The van der Waals surface area contributed by atoms with Gasteiger partial charge in [0, 0.05) is 11.9 Å². The number of amides is 1. The number of aromatic nitrogens is 1. The van der Waals surface area contributed by atoms with Gasteiger partial charge in [0.05, 0.1) is 17.4 Å². The van der Waals surface area contributed by atoms with Gasteiger partial charge in [0.2, 0.25) is 0 Å². The van der Waals surface area contributed by atoms with Crippen LogP contribution < -0.4 is 16.6 Å². The van der Waals surface area contributed by atoms with E-state index in [4.69, 9.17) is 5.84 Å². The van der Waals surface area contributed by atoms with Gasteiger partial charge in [0.25, 0.3) is 5.91 Å². The molecule has 0 aliphatic heterocycles. The normalized spacial score (nSPS) is 10.4. The summed E-state index contributed by atoms with van der Waals surface area (Å²) in [6, 6.07) is 9.42. The number of hydrazine groups is 1. The van der Waals surface area contributed by atoms with Crippen LogP contribution in [-0.4, -0.2) is 10.9 Å². The van der Waals surface area contributed by atoms with Crippen LogP contribution in [0.2, 0.25) is 0 Å². The van der Waals surface area contributed by atoms with E-state index in [0.29, 0.717) is 17.2 Å². The van der Waals surface area contributed by atoms with Crippen LogP contribution in [0.4, 0.5) is 11.4 Å². The number of hydrogen-bond donors (Lipinski definition) is 3. The number of nitrogens with zero attached hydrogens (tertiary/aromatic N) is 1. The number of hydrogen-bond acceptors (Lipinski definition) is 4. The Hall–Kier alpha value is -2.40. The molecule has 5 heteroatoms. The van der Waals surface area contributed by atoms with Gasteiger partial charge in [-0.1, -0.05) is 26.0 Å². The Labute approximate surface area is 118 Å². The molecule has 5 nitrogen and oxygen atoms in total. The Kier molecular flexibility index (Phi) is 4.32. The molecule has 0 saturated carbocycles. The molecule has 1 aromatic carbocycles. The second kappa shape index (κ2) is 6.16. The first-order chi connectivity index (χ1) is 9.61. The molecule has 0 aliphatic rings. The van der Waals surface area contributed by atoms with E-state index < -0.39 is 0 Å². The quantitative estimate of drug-likeness (QED) is 0.589. The zero-order valence-corrected chi connectivity index (χ0v) is 11.6. The van der Waals surface area contributed by atoms with Crippen molar-refractivity contribution in [1.82, 2.24) is 4.98 Å². The first kappa shape index (κ1) is 14.0. The van der Waals surface area contributed by atoms with Crippen LogP contribution in [0.25, 0.3) is 0 Å². The SMILES string of the molecule is CC(C)c1ccc(NC(=O)c2ccncc2NN)cc1. The number of benzene rings is 1. The molecule has 0 fully saturated rings. The third kappa shape index (κ3) is 3.13. The molecule has 1 heterocycles. The van der Waals surface area contributed by atoms with E-state index in [-0.39, 0.29) is 5.91 Å².